The molecule has 5 aromatic rings. The van der Waals surface area contributed by atoms with E-state index in [9.17, 15) is 4.79 Å². The average Bonchev–Trinajstić information content (AvgIpc) is 3.28. The van der Waals surface area contributed by atoms with E-state index in [2.05, 4.69) is 25.4 Å². The van der Waals surface area contributed by atoms with Gasteiger partial charge in [0, 0.05) is 6.92 Å². The van der Waals surface area contributed by atoms with E-state index in [1.165, 1.54) is 6.33 Å². The molecule has 182 valence electrons. The third kappa shape index (κ3) is 3.96. The van der Waals surface area contributed by atoms with Gasteiger partial charge in [0.2, 0.25) is 11.7 Å². The van der Waals surface area contributed by atoms with Crippen molar-refractivity contribution >= 4 is 22.5 Å². The molecule has 0 aliphatic carbocycles. The molecule has 10 nitrogen and oxygen atoms in total. The highest BCUT2D eigenvalue weighted by molar-refractivity contribution is 5.82. The normalized spacial score (nSPS) is 12.1. The predicted molar refractivity (Wildman–Crippen MR) is 138 cm³/mol. The van der Waals surface area contributed by atoms with Gasteiger partial charge >= 0.3 is 0 Å². The molecule has 0 spiro atoms. The number of hydrogen-bond donors (Lipinski definition) is 2. The van der Waals surface area contributed by atoms with Gasteiger partial charge in [0.1, 0.15) is 29.4 Å². The summed E-state index contributed by atoms with van der Waals surface area (Å²) in [6, 6.07) is 13.0. The number of benzene rings is 2. The summed E-state index contributed by atoms with van der Waals surface area (Å²) in [7, 11) is 0. The molecule has 5 rings (SSSR count). The minimum Gasteiger partial charge on any atom is -0.383 e. The summed E-state index contributed by atoms with van der Waals surface area (Å²) < 4.78 is 6.84. The van der Waals surface area contributed by atoms with Crippen molar-refractivity contribution in [2.45, 2.75) is 40.2 Å². The zero-order valence-electron chi connectivity index (χ0n) is 20.5. The van der Waals surface area contributed by atoms with Crippen molar-refractivity contribution in [3.8, 4) is 17.1 Å². The van der Waals surface area contributed by atoms with E-state index < -0.39 is 6.04 Å². The highest BCUT2D eigenvalue weighted by atomic mass is 16.5. The molecule has 0 radical (unpaired) electrons. The van der Waals surface area contributed by atoms with E-state index in [1.807, 2.05) is 63.2 Å². The van der Waals surface area contributed by atoms with Gasteiger partial charge in [-0.05, 0) is 43.5 Å². The minimum absolute atomic E-state index is 0.126. The number of aryl methyl sites for hydroxylation is 3. The molecule has 0 aliphatic rings. The van der Waals surface area contributed by atoms with Gasteiger partial charge in [0.15, 0.2) is 0 Å². The van der Waals surface area contributed by atoms with Crippen LogP contribution in [-0.2, 0) is 0 Å². The van der Waals surface area contributed by atoms with Gasteiger partial charge in [0.05, 0.1) is 22.6 Å². The van der Waals surface area contributed by atoms with E-state index in [-0.39, 0.29) is 17.2 Å². The fourth-order valence-electron chi connectivity index (χ4n) is 4.34. The SMILES string of the molecule is CC[C@H](Nc1ncnc(N)c1-c1noc(C)n1)c1nc2cccc(C)c2c(=O)n1-c1ccccc1C. The summed E-state index contributed by atoms with van der Waals surface area (Å²) >= 11 is 0. The van der Waals surface area contributed by atoms with E-state index in [4.69, 9.17) is 15.2 Å². The van der Waals surface area contributed by atoms with Crippen LogP contribution in [0.2, 0.25) is 0 Å². The predicted octanol–water partition coefficient (Wildman–Crippen LogP) is 4.30. The molecular formula is C26H26N8O2. The second-order valence-electron chi connectivity index (χ2n) is 8.59. The Labute approximate surface area is 207 Å². The van der Waals surface area contributed by atoms with Crippen LogP contribution in [0.1, 0.15) is 42.2 Å². The number of nitrogens with zero attached hydrogens (tertiary/aromatic N) is 6. The number of rotatable bonds is 6. The van der Waals surface area contributed by atoms with Gasteiger partial charge in [-0.3, -0.25) is 9.36 Å². The van der Waals surface area contributed by atoms with Crippen LogP contribution in [0.15, 0.2) is 58.1 Å². The fourth-order valence-corrected chi connectivity index (χ4v) is 4.34. The Morgan fingerprint density at radius 2 is 1.81 bits per heavy atom. The molecule has 0 amide bonds. The zero-order valence-corrected chi connectivity index (χ0v) is 20.5. The summed E-state index contributed by atoms with van der Waals surface area (Å²) in [4.78, 5) is 31.8. The van der Waals surface area contributed by atoms with Crippen LogP contribution in [0.4, 0.5) is 11.6 Å². The molecule has 0 aliphatic heterocycles. The maximum atomic E-state index is 14.0. The van der Waals surface area contributed by atoms with Crippen molar-refractivity contribution in [3.63, 3.8) is 0 Å². The number of para-hydroxylation sites is 1. The van der Waals surface area contributed by atoms with Crippen LogP contribution < -0.4 is 16.6 Å². The van der Waals surface area contributed by atoms with Crippen LogP contribution in [0.5, 0.6) is 0 Å². The molecule has 0 saturated heterocycles. The molecule has 0 unspecified atom stereocenters. The highest BCUT2D eigenvalue weighted by Crippen LogP contribution is 2.32. The van der Waals surface area contributed by atoms with Crippen molar-refractivity contribution in [2.24, 2.45) is 0 Å². The first kappa shape index (κ1) is 23.2. The Hall–Kier alpha value is -4.60. The minimum atomic E-state index is -0.400. The Morgan fingerprint density at radius 1 is 1.03 bits per heavy atom. The smallest absolute Gasteiger partial charge is 0.266 e. The van der Waals surface area contributed by atoms with Gasteiger partial charge in [0.25, 0.3) is 5.56 Å². The number of aromatic nitrogens is 6. The first-order chi connectivity index (χ1) is 17.4. The van der Waals surface area contributed by atoms with Crippen molar-refractivity contribution in [1.29, 1.82) is 0 Å². The molecule has 36 heavy (non-hydrogen) atoms. The van der Waals surface area contributed by atoms with Gasteiger partial charge in [-0.1, -0.05) is 42.4 Å². The van der Waals surface area contributed by atoms with E-state index >= 15 is 0 Å². The zero-order chi connectivity index (χ0) is 25.4. The molecule has 2 aromatic carbocycles. The standard InChI is InChI=1S/C26H26N8O2/c1-5-17(31-23-21(22(27)28-13-29-23)24-30-16(4)36-33-24)25-32-18-11-8-10-15(3)20(18)26(35)34(25)19-12-7-6-9-14(19)2/h6-13,17H,5H2,1-4H3,(H3,27,28,29,31)/t17-/m0/s1. The van der Waals surface area contributed by atoms with Gasteiger partial charge < -0.3 is 15.6 Å². The number of fused-ring (bicyclic) bond motifs is 1. The maximum absolute atomic E-state index is 14.0. The van der Waals surface area contributed by atoms with Crippen molar-refractivity contribution < 1.29 is 4.52 Å². The Balaban J connectivity index is 1.73. The van der Waals surface area contributed by atoms with Gasteiger partial charge in [-0.15, -0.1) is 0 Å². The van der Waals surface area contributed by atoms with Crippen LogP contribution >= 0.6 is 0 Å². The number of anilines is 2. The van der Waals surface area contributed by atoms with E-state index in [0.29, 0.717) is 40.4 Å². The third-order valence-corrected chi connectivity index (χ3v) is 6.15. The van der Waals surface area contributed by atoms with Crippen molar-refractivity contribution in [2.75, 3.05) is 11.1 Å². The summed E-state index contributed by atoms with van der Waals surface area (Å²) in [6.45, 7) is 7.60. The quantitative estimate of drug-likeness (QED) is 0.363. The van der Waals surface area contributed by atoms with Crippen molar-refractivity contribution in [1.82, 2.24) is 29.7 Å². The van der Waals surface area contributed by atoms with Crippen LogP contribution in [-0.4, -0.2) is 29.7 Å². The molecular weight excluding hydrogens is 456 g/mol. The number of hydrogen-bond acceptors (Lipinski definition) is 9. The lowest BCUT2D eigenvalue weighted by Gasteiger charge is -2.24. The molecule has 1 atom stereocenters. The number of nitrogens with two attached hydrogens (primary N) is 1. The average molecular weight is 483 g/mol. The molecule has 0 bridgehead atoms. The second-order valence-corrected chi connectivity index (χ2v) is 8.59. The monoisotopic (exact) mass is 482 g/mol. The summed E-state index contributed by atoms with van der Waals surface area (Å²) in [5, 5.41) is 8.01. The van der Waals surface area contributed by atoms with Crippen LogP contribution in [0.3, 0.4) is 0 Å². The number of nitrogens with one attached hydrogen (secondary N) is 1. The lowest BCUT2D eigenvalue weighted by Crippen LogP contribution is -2.29. The lowest BCUT2D eigenvalue weighted by molar-refractivity contribution is 0.394. The van der Waals surface area contributed by atoms with Gasteiger partial charge in [-0.2, -0.15) is 4.98 Å². The summed E-state index contributed by atoms with van der Waals surface area (Å²) in [6.07, 6.45) is 1.97. The topological polar surface area (TPSA) is 138 Å². The largest absolute Gasteiger partial charge is 0.383 e. The van der Waals surface area contributed by atoms with E-state index in [1.54, 1.807) is 11.5 Å². The van der Waals surface area contributed by atoms with Crippen LogP contribution in [0, 0.1) is 20.8 Å². The highest BCUT2D eigenvalue weighted by Gasteiger charge is 2.25. The second kappa shape index (κ2) is 9.21. The van der Waals surface area contributed by atoms with Crippen molar-refractivity contribution in [3.05, 3.63) is 82.0 Å². The van der Waals surface area contributed by atoms with E-state index in [0.717, 1.165) is 16.8 Å². The Kier molecular flexibility index (Phi) is 5.93. The first-order valence-electron chi connectivity index (χ1n) is 11.6. The molecule has 10 heteroatoms. The lowest BCUT2D eigenvalue weighted by atomic mass is 10.1. The molecule has 3 N–H and O–H groups in total. The number of nitrogen functional groups attached to an aromatic ring is 1. The fraction of sp³-hybridized carbons (Fsp3) is 0.231. The van der Waals surface area contributed by atoms with Gasteiger partial charge in [-0.25, -0.2) is 15.0 Å². The molecule has 0 fully saturated rings. The molecule has 3 aromatic heterocycles. The third-order valence-electron chi connectivity index (χ3n) is 6.15. The first-order valence-corrected chi connectivity index (χ1v) is 11.6. The summed E-state index contributed by atoms with van der Waals surface area (Å²) in [5.41, 5.74) is 9.73. The van der Waals surface area contributed by atoms with Crippen LogP contribution in [0.25, 0.3) is 28.0 Å². The molecule has 3 heterocycles. The molecule has 0 saturated carbocycles. The maximum Gasteiger partial charge on any atom is 0.266 e. The Morgan fingerprint density at radius 3 is 2.53 bits per heavy atom. The summed E-state index contributed by atoms with van der Waals surface area (Å²) in [5.74, 6) is 1.86. The Bertz CT molecular complexity index is 1640.